The number of nitrogens with one attached hydrogen (secondary N) is 1. The number of thiophene rings is 1. The van der Waals surface area contributed by atoms with Gasteiger partial charge < -0.3 is 9.88 Å². The first kappa shape index (κ1) is 18.3. The van der Waals surface area contributed by atoms with Crippen LogP contribution in [0.15, 0.2) is 29.1 Å². The van der Waals surface area contributed by atoms with E-state index in [9.17, 15) is 4.79 Å². The Labute approximate surface area is 167 Å². The molecule has 140 valence electrons. The Balaban J connectivity index is 1.66. The summed E-state index contributed by atoms with van der Waals surface area (Å²) in [4.78, 5) is 24.5. The summed E-state index contributed by atoms with van der Waals surface area (Å²) >= 11 is 8.11. The standard InChI is InChI=1S/C21H22ClN3OS/c1-3-25(4-2)14-10-8-13(9-11-14)12-16(22)19-23-20(26)18-15-6-5-7-17(15)27-21(18)24-19/h8-12H,3-7H2,1-2H3,(H,23,24,26)/b16-12-. The quantitative estimate of drug-likeness (QED) is 0.652. The van der Waals surface area contributed by atoms with Crippen LogP contribution in [0.25, 0.3) is 21.3 Å². The van der Waals surface area contributed by atoms with Gasteiger partial charge in [0.25, 0.3) is 5.56 Å². The summed E-state index contributed by atoms with van der Waals surface area (Å²) in [6.07, 6.45) is 5.00. The van der Waals surface area contributed by atoms with Crippen LogP contribution in [0.3, 0.4) is 0 Å². The van der Waals surface area contributed by atoms with Crippen LogP contribution in [-0.4, -0.2) is 23.1 Å². The van der Waals surface area contributed by atoms with Crippen LogP contribution in [0.2, 0.25) is 0 Å². The van der Waals surface area contributed by atoms with Crippen molar-refractivity contribution >= 4 is 50.0 Å². The molecule has 0 bridgehead atoms. The predicted molar refractivity (Wildman–Crippen MR) is 116 cm³/mol. The van der Waals surface area contributed by atoms with E-state index in [4.69, 9.17) is 11.6 Å². The third kappa shape index (κ3) is 3.42. The third-order valence-electron chi connectivity index (χ3n) is 5.12. The maximum atomic E-state index is 12.6. The van der Waals surface area contributed by atoms with Gasteiger partial charge >= 0.3 is 0 Å². The molecule has 6 heteroatoms. The normalized spacial score (nSPS) is 14.0. The van der Waals surface area contributed by atoms with Crippen LogP contribution >= 0.6 is 22.9 Å². The Kier molecular flexibility index (Phi) is 5.06. The number of aryl methyl sites for hydroxylation is 2. The van der Waals surface area contributed by atoms with Crippen LogP contribution < -0.4 is 10.5 Å². The number of hydrogen-bond donors (Lipinski definition) is 1. The van der Waals surface area contributed by atoms with Crippen LogP contribution in [0, 0.1) is 0 Å². The van der Waals surface area contributed by atoms with Gasteiger partial charge in [0.1, 0.15) is 4.83 Å². The van der Waals surface area contributed by atoms with Gasteiger partial charge in [-0.2, -0.15) is 0 Å². The molecule has 4 nitrogen and oxygen atoms in total. The molecular weight excluding hydrogens is 378 g/mol. The smallest absolute Gasteiger partial charge is 0.260 e. The zero-order valence-electron chi connectivity index (χ0n) is 15.5. The molecule has 0 amide bonds. The Morgan fingerprint density at radius 3 is 2.70 bits per heavy atom. The molecule has 27 heavy (non-hydrogen) atoms. The fourth-order valence-electron chi connectivity index (χ4n) is 3.70. The van der Waals surface area contributed by atoms with E-state index in [2.05, 4.69) is 40.8 Å². The average molecular weight is 400 g/mol. The summed E-state index contributed by atoms with van der Waals surface area (Å²) in [5.74, 6) is 0.432. The van der Waals surface area contributed by atoms with Gasteiger partial charge in [-0.3, -0.25) is 4.79 Å². The number of fused-ring (bicyclic) bond motifs is 3. The Bertz CT molecular complexity index is 1060. The van der Waals surface area contributed by atoms with Crippen molar-refractivity contribution in [1.29, 1.82) is 0 Å². The lowest BCUT2D eigenvalue weighted by atomic mass is 10.1. The number of nitrogens with zero attached hydrogens (tertiary/aromatic N) is 2. The van der Waals surface area contributed by atoms with Crippen LogP contribution in [0.1, 0.15) is 42.1 Å². The minimum atomic E-state index is -0.0853. The van der Waals surface area contributed by atoms with Crippen LogP contribution in [0.5, 0.6) is 0 Å². The summed E-state index contributed by atoms with van der Waals surface area (Å²) < 4.78 is 0. The average Bonchev–Trinajstić information content (AvgIpc) is 3.24. The number of rotatable bonds is 5. The molecule has 0 unspecified atom stereocenters. The molecule has 1 aliphatic rings. The molecule has 1 aromatic carbocycles. The lowest BCUT2D eigenvalue weighted by Gasteiger charge is -2.20. The summed E-state index contributed by atoms with van der Waals surface area (Å²) in [5, 5.41) is 1.20. The van der Waals surface area contributed by atoms with Gasteiger partial charge in [0.2, 0.25) is 0 Å². The van der Waals surface area contributed by atoms with Gasteiger partial charge in [0.15, 0.2) is 5.82 Å². The first-order valence-corrected chi connectivity index (χ1v) is 10.6. The number of aromatic amines is 1. The van der Waals surface area contributed by atoms with E-state index in [0.29, 0.717) is 10.9 Å². The minimum absolute atomic E-state index is 0.0853. The van der Waals surface area contributed by atoms with Crippen molar-refractivity contribution in [2.75, 3.05) is 18.0 Å². The van der Waals surface area contributed by atoms with Crippen molar-refractivity contribution < 1.29 is 0 Å². The van der Waals surface area contributed by atoms with E-state index in [1.54, 1.807) is 11.3 Å². The monoisotopic (exact) mass is 399 g/mol. The van der Waals surface area contributed by atoms with Crippen molar-refractivity contribution in [1.82, 2.24) is 9.97 Å². The van der Waals surface area contributed by atoms with Gasteiger partial charge in [0.05, 0.1) is 10.4 Å². The largest absolute Gasteiger partial charge is 0.372 e. The highest BCUT2D eigenvalue weighted by atomic mass is 35.5. The fourth-order valence-corrected chi connectivity index (χ4v) is 5.18. The van der Waals surface area contributed by atoms with E-state index in [0.717, 1.165) is 48.1 Å². The second kappa shape index (κ2) is 7.49. The van der Waals surface area contributed by atoms with Gasteiger partial charge in [0, 0.05) is 23.7 Å². The summed E-state index contributed by atoms with van der Waals surface area (Å²) in [7, 11) is 0. The fraction of sp³-hybridized carbons (Fsp3) is 0.333. The Morgan fingerprint density at radius 1 is 1.26 bits per heavy atom. The van der Waals surface area contributed by atoms with E-state index in [1.165, 1.54) is 16.1 Å². The molecule has 4 rings (SSSR count). The molecule has 1 aliphatic carbocycles. The van der Waals surface area contributed by atoms with E-state index < -0.39 is 0 Å². The Hall–Kier alpha value is -2.11. The highest BCUT2D eigenvalue weighted by Crippen LogP contribution is 2.35. The number of aromatic nitrogens is 2. The van der Waals surface area contributed by atoms with E-state index >= 15 is 0 Å². The first-order chi connectivity index (χ1) is 13.1. The van der Waals surface area contributed by atoms with Crippen LogP contribution in [-0.2, 0) is 12.8 Å². The minimum Gasteiger partial charge on any atom is -0.372 e. The topological polar surface area (TPSA) is 49.0 Å². The molecule has 2 aromatic heterocycles. The van der Waals surface area contributed by atoms with Crippen molar-refractivity contribution in [3.05, 3.63) is 56.4 Å². The van der Waals surface area contributed by atoms with Gasteiger partial charge in [-0.1, -0.05) is 23.7 Å². The summed E-state index contributed by atoms with van der Waals surface area (Å²) in [6.45, 7) is 6.24. The predicted octanol–water partition coefficient (Wildman–Crippen LogP) is 5.06. The molecule has 0 aliphatic heterocycles. The van der Waals surface area contributed by atoms with Crippen molar-refractivity contribution in [3.8, 4) is 0 Å². The first-order valence-electron chi connectivity index (χ1n) is 9.37. The maximum Gasteiger partial charge on any atom is 0.260 e. The number of benzene rings is 1. The van der Waals surface area contributed by atoms with E-state index in [1.807, 2.05) is 18.2 Å². The Morgan fingerprint density at radius 2 is 2.00 bits per heavy atom. The maximum absolute atomic E-state index is 12.6. The highest BCUT2D eigenvalue weighted by Gasteiger charge is 2.21. The molecule has 0 atom stereocenters. The highest BCUT2D eigenvalue weighted by molar-refractivity contribution is 7.18. The zero-order valence-corrected chi connectivity index (χ0v) is 17.1. The van der Waals surface area contributed by atoms with Gasteiger partial charge in [-0.05, 0) is 62.4 Å². The van der Waals surface area contributed by atoms with Gasteiger partial charge in [-0.25, -0.2) is 4.98 Å². The molecule has 1 N–H and O–H groups in total. The molecule has 0 spiro atoms. The molecule has 0 radical (unpaired) electrons. The van der Waals surface area contributed by atoms with Gasteiger partial charge in [-0.15, -0.1) is 11.3 Å². The van der Waals surface area contributed by atoms with Crippen molar-refractivity contribution in [2.45, 2.75) is 33.1 Å². The molecule has 0 saturated heterocycles. The molecule has 0 saturated carbocycles. The molecular formula is C21H22ClN3OS. The van der Waals surface area contributed by atoms with Crippen molar-refractivity contribution in [3.63, 3.8) is 0 Å². The summed E-state index contributed by atoms with van der Waals surface area (Å²) in [6, 6.07) is 8.25. The van der Waals surface area contributed by atoms with Crippen molar-refractivity contribution in [2.24, 2.45) is 0 Å². The number of H-pyrrole nitrogens is 1. The number of anilines is 1. The number of halogens is 1. The lowest BCUT2D eigenvalue weighted by molar-refractivity contribution is 0.866. The summed E-state index contributed by atoms with van der Waals surface area (Å²) in [5.41, 5.74) is 3.27. The SMILES string of the molecule is CCN(CC)c1ccc(/C=C(\Cl)c2nc3sc4c(c3c(=O)[nH]2)CCC4)cc1. The number of hydrogen-bond acceptors (Lipinski definition) is 4. The van der Waals surface area contributed by atoms with Crippen LogP contribution in [0.4, 0.5) is 5.69 Å². The zero-order chi connectivity index (χ0) is 19.0. The molecule has 2 heterocycles. The second-order valence-corrected chi connectivity index (χ2v) is 8.20. The molecule has 0 fully saturated rings. The lowest BCUT2D eigenvalue weighted by Crippen LogP contribution is -2.21. The second-order valence-electron chi connectivity index (χ2n) is 6.71. The molecule has 3 aromatic rings. The third-order valence-corrected chi connectivity index (χ3v) is 6.59. The van der Waals surface area contributed by atoms with E-state index in [-0.39, 0.29) is 5.56 Å².